The molecule has 4 aromatic rings. The van der Waals surface area contributed by atoms with E-state index in [-0.39, 0.29) is 0 Å². The van der Waals surface area contributed by atoms with Crippen LogP contribution in [0.15, 0.2) is 54.6 Å². The second-order valence-corrected chi connectivity index (χ2v) is 5.87. The highest BCUT2D eigenvalue weighted by Crippen LogP contribution is 2.25. The van der Waals surface area contributed by atoms with Gasteiger partial charge in [0, 0.05) is 16.6 Å². The average Bonchev–Trinajstić information content (AvgIpc) is 3.06. The van der Waals surface area contributed by atoms with Crippen LogP contribution in [0.1, 0.15) is 11.3 Å². The molecule has 124 valence electrons. The zero-order chi connectivity index (χ0) is 17.2. The van der Waals surface area contributed by atoms with E-state index in [0.29, 0.717) is 18.1 Å². The number of anilines is 1. The highest BCUT2D eigenvalue weighted by Gasteiger charge is 2.08. The van der Waals surface area contributed by atoms with Crippen molar-refractivity contribution in [2.75, 3.05) is 5.73 Å². The molecular weight excluding hydrogens is 314 g/mol. The van der Waals surface area contributed by atoms with Crippen molar-refractivity contribution in [3.8, 4) is 17.0 Å². The summed E-state index contributed by atoms with van der Waals surface area (Å²) >= 11 is 0. The number of ether oxygens (including phenoxy) is 1. The molecule has 3 N–H and O–H groups in total. The van der Waals surface area contributed by atoms with Crippen LogP contribution in [-0.4, -0.2) is 20.4 Å². The summed E-state index contributed by atoms with van der Waals surface area (Å²) < 4.78 is 5.92. The molecule has 0 spiro atoms. The molecule has 4 rings (SSSR count). The fraction of sp³-hybridized carbons (Fsp3) is 0.105. The van der Waals surface area contributed by atoms with E-state index < -0.39 is 0 Å². The number of nitrogen functional groups attached to an aromatic ring is 1. The largest absolute Gasteiger partial charge is 0.489 e. The van der Waals surface area contributed by atoms with Crippen LogP contribution in [0.4, 0.5) is 5.82 Å². The van der Waals surface area contributed by atoms with Gasteiger partial charge in [-0.3, -0.25) is 4.98 Å². The molecule has 0 atom stereocenters. The van der Waals surface area contributed by atoms with Crippen molar-refractivity contribution in [2.45, 2.75) is 13.5 Å². The Kier molecular flexibility index (Phi) is 3.78. The number of benzene rings is 2. The van der Waals surface area contributed by atoms with Crippen LogP contribution in [0.25, 0.3) is 22.2 Å². The highest BCUT2D eigenvalue weighted by molar-refractivity contribution is 5.79. The zero-order valence-corrected chi connectivity index (χ0v) is 13.7. The number of aromatic nitrogens is 4. The Hall–Kier alpha value is -3.41. The molecule has 0 radical (unpaired) electrons. The van der Waals surface area contributed by atoms with Crippen LogP contribution in [0.5, 0.6) is 5.75 Å². The normalized spacial score (nSPS) is 10.9. The number of nitrogens with two attached hydrogens (primary N) is 1. The topological polar surface area (TPSA) is 89.7 Å². The van der Waals surface area contributed by atoms with E-state index in [1.54, 1.807) is 0 Å². The van der Waals surface area contributed by atoms with Gasteiger partial charge in [-0.05, 0) is 42.8 Å². The summed E-state index contributed by atoms with van der Waals surface area (Å²) in [5, 5.41) is 11.4. The lowest BCUT2D eigenvalue weighted by Gasteiger charge is -2.08. The Labute approximate surface area is 144 Å². The molecule has 0 aliphatic carbocycles. The predicted molar refractivity (Wildman–Crippen MR) is 97.0 cm³/mol. The van der Waals surface area contributed by atoms with Crippen LogP contribution >= 0.6 is 0 Å². The Morgan fingerprint density at radius 1 is 1.08 bits per heavy atom. The molecule has 2 aromatic carbocycles. The van der Waals surface area contributed by atoms with Crippen LogP contribution in [0.3, 0.4) is 0 Å². The summed E-state index contributed by atoms with van der Waals surface area (Å²) in [5.41, 5.74) is 10.4. The van der Waals surface area contributed by atoms with Gasteiger partial charge in [-0.25, -0.2) is 5.10 Å². The Balaban J connectivity index is 1.53. The first-order valence-electron chi connectivity index (χ1n) is 7.95. The van der Waals surface area contributed by atoms with Crippen molar-refractivity contribution in [2.24, 2.45) is 0 Å². The molecule has 0 saturated carbocycles. The highest BCUT2D eigenvalue weighted by atomic mass is 16.5. The van der Waals surface area contributed by atoms with Crippen molar-refractivity contribution in [3.05, 3.63) is 65.9 Å². The molecular formula is C19H17N5O. The molecule has 6 heteroatoms. The van der Waals surface area contributed by atoms with Crippen LogP contribution in [0.2, 0.25) is 0 Å². The molecule has 0 aliphatic heterocycles. The number of nitrogens with zero attached hydrogens (tertiary/aromatic N) is 3. The Morgan fingerprint density at radius 3 is 2.84 bits per heavy atom. The standard InChI is InChI=1S/C19H17N5O/c1-12-5-7-14-9-13(6-8-17(14)21-12)11-25-16-4-2-3-15(10-16)18-19(20)23-24-22-18/h2-10H,11H2,1H3,(H3,20,22,23,24). The smallest absolute Gasteiger partial charge is 0.147 e. The van der Waals surface area contributed by atoms with Gasteiger partial charge in [-0.2, -0.15) is 0 Å². The van der Waals surface area contributed by atoms with Gasteiger partial charge >= 0.3 is 0 Å². The van der Waals surface area contributed by atoms with Crippen molar-refractivity contribution in [1.29, 1.82) is 0 Å². The van der Waals surface area contributed by atoms with E-state index >= 15 is 0 Å². The number of aryl methyl sites for hydroxylation is 1. The Bertz CT molecular complexity index is 1040. The fourth-order valence-corrected chi connectivity index (χ4v) is 2.72. The van der Waals surface area contributed by atoms with Crippen LogP contribution in [-0.2, 0) is 6.61 Å². The second-order valence-electron chi connectivity index (χ2n) is 5.87. The number of pyridine rings is 1. The van der Waals surface area contributed by atoms with Gasteiger partial charge in [0.1, 0.15) is 23.9 Å². The maximum Gasteiger partial charge on any atom is 0.147 e. The molecule has 0 saturated heterocycles. The van der Waals surface area contributed by atoms with E-state index in [9.17, 15) is 0 Å². The fourth-order valence-electron chi connectivity index (χ4n) is 2.72. The lowest BCUT2D eigenvalue weighted by molar-refractivity contribution is 0.306. The van der Waals surface area contributed by atoms with E-state index in [0.717, 1.165) is 33.5 Å². The summed E-state index contributed by atoms with van der Waals surface area (Å²) in [5.74, 6) is 1.19. The van der Waals surface area contributed by atoms with Gasteiger partial charge in [-0.15, -0.1) is 5.10 Å². The summed E-state index contributed by atoms with van der Waals surface area (Å²) in [6.45, 7) is 2.46. The molecule has 6 nitrogen and oxygen atoms in total. The molecule has 2 aromatic heterocycles. The molecule has 0 amide bonds. The van der Waals surface area contributed by atoms with E-state index in [2.05, 4.69) is 32.5 Å². The first-order chi connectivity index (χ1) is 12.2. The number of fused-ring (bicyclic) bond motifs is 1. The minimum atomic E-state index is 0.439. The SMILES string of the molecule is Cc1ccc2cc(COc3cccc(-c4nn[nH]c4N)c3)ccc2n1. The second kappa shape index (κ2) is 6.24. The minimum absolute atomic E-state index is 0.439. The third-order valence-corrected chi connectivity index (χ3v) is 3.98. The molecule has 0 aliphatic rings. The average molecular weight is 331 g/mol. The number of nitrogens with one attached hydrogen (secondary N) is 1. The molecule has 0 bridgehead atoms. The van der Waals surface area contributed by atoms with Crippen molar-refractivity contribution in [3.63, 3.8) is 0 Å². The number of hydrogen-bond acceptors (Lipinski definition) is 5. The number of H-pyrrole nitrogens is 1. The molecule has 0 fully saturated rings. The zero-order valence-electron chi connectivity index (χ0n) is 13.7. The van der Waals surface area contributed by atoms with Gasteiger partial charge in [-0.1, -0.05) is 29.5 Å². The summed E-state index contributed by atoms with van der Waals surface area (Å²) in [4.78, 5) is 4.51. The quantitative estimate of drug-likeness (QED) is 0.597. The van der Waals surface area contributed by atoms with Gasteiger partial charge in [0.25, 0.3) is 0 Å². The van der Waals surface area contributed by atoms with Gasteiger partial charge in [0.2, 0.25) is 0 Å². The monoisotopic (exact) mass is 331 g/mol. The first kappa shape index (κ1) is 15.1. The predicted octanol–water partition coefficient (Wildman–Crippen LogP) is 3.49. The summed E-state index contributed by atoms with van der Waals surface area (Å²) in [7, 11) is 0. The summed E-state index contributed by atoms with van der Waals surface area (Å²) in [6.07, 6.45) is 0. The maximum absolute atomic E-state index is 5.92. The van der Waals surface area contributed by atoms with E-state index in [1.165, 1.54) is 0 Å². The van der Waals surface area contributed by atoms with Crippen molar-refractivity contribution in [1.82, 2.24) is 20.4 Å². The van der Waals surface area contributed by atoms with Gasteiger partial charge < -0.3 is 10.5 Å². The first-order valence-corrected chi connectivity index (χ1v) is 7.95. The summed E-state index contributed by atoms with van der Waals surface area (Å²) in [6, 6.07) is 17.9. The van der Waals surface area contributed by atoms with E-state index in [4.69, 9.17) is 10.5 Å². The third-order valence-electron chi connectivity index (χ3n) is 3.98. The van der Waals surface area contributed by atoms with Crippen LogP contribution < -0.4 is 10.5 Å². The van der Waals surface area contributed by atoms with E-state index in [1.807, 2.05) is 49.4 Å². The molecule has 0 unspecified atom stereocenters. The number of rotatable bonds is 4. The van der Waals surface area contributed by atoms with Crippen molar-refractivity contribution >= 4 is 16.7 Å². The number of aromatic amines is 1. The maximum atomic E-state index is 5.92. The van der Waals surface area contributed by atoms with Gasteiger partial charge in [0.15, 0.2) is 0 Å². The third kappa shape index (κ3) is 3.14. The molecule has 2 heterocycles. The molecule has 25 heavy (non-hydrogen) atoms. The lowest BCUT2D eigenvalue weighted by Crippen LogP contribution is -1.96. The lowest BCUT2D eigenvalue weighted by atomic mass is 10.1. The Morgan fingerprint density at radius 2 is 2.00 bits per heavy atom. The van der Waals surface area contributed by atoms with Crippen molar-refractivity contribution < 1.29 is 4.74 Å². The van der Waals surface area contributed by atoms with Gasteiger partial charge in [0.05, 0.1) is 5.52 Å². The van der Waals surface area contributed by atoms with Crippen LogP contribution in [0, 0.1) is 6.92 Å². The number of hydrogen-bond donors (Lipinski definition) is 2. The minimum Gasteiger partial charge on any atom is -0.489 e.